The van der Waals surface area contributed by atoms with Crippen molar-refractivity contribution in [3.63, 3.8) is 0 Å². The molecule has 2 fully saturated rings. The molecule has 0 unspecified atom stereocenters. The number of rotatable bonds is 2. The minimum Gasteiger partial charge on any atom is -0.462 e. The van der Waals surface area contributed by atoms with Gasteiger partial charge in [-0.25, -0.2) is 0 Å². The Morgan fingerprint density at radius 2 is 2.33 bits per heavy atom. The Hall–Kier alpha value is -0.570. The van der Waals surface area contributed by atoms with E-state index in [0.717, 1.165) is 12.5 Å². The summed E-state index contributed by atoms with van der Waals surface area (Å²) in [7, 11) is 0. The van der Waals surface area contributed by atoms with Crippen molar-refractivity contribution in [1.29, 1.82) is 0 Å². The van der Waals surface area contributed by atoms with E-state index in [0.29, 0.717) is 5.92 Å². The van der Waals surface area contributed by atoms with Crippen LogP contribution < -0.4 is 5.32 Å². The Labute approximate surface area is 72.5 Å². The van der Waals surface area contributed by atoms with E-state index in [2.05, 4.69) is 5.32 Å². The van der Waals surface area contributed by atoms with Crippen LogP contribution >= 0.6 is 0 Å². The molecular weight excluding hydrogens is 154 g/mol. The van der Waals surface area contributed by atoms with Crippen molar-refractivity contribution in [3.05, 3.63) is 0 Å². The van der Waals surface area contributed by atoms with Crippen molar-refractivity contribution >= 4 is 5.97 Å². The number of hydrogen-bond donors (Lipinski definition) is 1. The Morgan fingerprint density at radius 3 is 2.75 bits per heavy atom. The van der Waals surface area contributed by atoms with Gasteiger partial charge in [-0.3, -0.25) is 4.79 Å². The summed E-state index contributed by atoms with van der Waals surface area (Å²) in [5.41, 5.74) is 0. The summed E-state index contributed by atoms with van der Waals surface area (Å²) in [6.45, 7) is 4.77. The molecular formula is C9H15NO2. The van der Waals surface area contributed by atoms with Gasteiger partial charge in [0.05, 0.1) is 6.10 Å². The van der Waals surface area contributed by atoms with Crippen LogP contribution in [0.25, 0.3) is 0 Å². The number of piperidine rings is 1. The Bertz CT molecular complexity index is 203. The minimum atomic E-state index is -0.0602. The molecule has 3 atom stereocenters. The fourth-order valence-corrected chi connectivity index (χ4v) is 1.91. The first-order valence-electron chi connectivity index (χ1n) is 4.62. The third kappa shape index (κ3) is 1.33. The average molecular weight is 169 g/mol. The molecule has 12 heavy (non-hydrogen) atoms. The zero-order valence-corrected chi connectivity index (χ0v) is 7.54. The summed E-state index contributed by atoms with van der Waals surface area (Å²) in [4.78, 5) is 11.4. The van der Waals surface area contributed by atoms with Crippen molar-refractivity contribution in [2.24, 2.45) is 11.8 Å². The van der Waals surface area contributed by atoms with Crippen LogP contribution in [0.4, 0.5) is 0 Å². The molecule has 3 heteroatoms. The molecule has 0 spiro atoms. The molecule has 1 aliphatic heterocycles. The van der Waals surface area contributed by atoms with Gasteiger partial charge >= 0.3 is 5.97 Å². The molecule has 1 saturated carbocycles. The van der Waals surface area contributed by atoms with Crippen molar-refractivity contribution in [2.45, 2.75) is 32.4 Å². The zero-order valence-electron chi connectivity index (χ0n) is 7.54. The highest BCUT2D eigenvalue weighted by Gasteiger charge is 2.51. The lowest BCUT2D eigenvalue weighted by Gasteiger charge is -2.14. The number of fused-ring (bicyclic) bond motifs is 1. The first-order valence-corrected chi connectivity index (χ1v) is 4.62. The summed E-state index contributed by atoms with van der Waals surface area (Å²) in [6, 6.07) is -0.00241. The number of nitrogens with one attached hydrogen (secondary N) is 1. The molecule has 0 aromatic heterocycles. The van der Waals surface area contributed by atoms with Gasteiger partial charge in [0.1, 0.15) is 6.04 Å². The molecule has 3 nitrogen and oxygen atoms in total. The maximum Gasteiger partial charge on any atom is 0.323 e. The standard InChI is InChI=1S/C9H15NO2/c1-5(2)12-9(11)8-7-3-6(7)4-10-8/h5-8,10H,3-4H2,1-2H3/t6-,7-,8-/m1/s1. The van der Waals surface area contributed by atoms with Gasteiger partial charge in [-0.1, -0.05) is 0 Å². The SMILES string of the molecule is CC(C)OC(=O)[C@@H]1NC[C@H]2C[C@H]21. The van der Waals surface area contributed by atoms with Crippen LogP contribution in [0, 0.1) is 11.8 Å². The summed E-state index contributed by atoms with van der Waals surface area (Å²) in [5, 5.41) is 3.19. The predicted molar refractivity (Wildman–Crippen MR) is 44.6 cm³/mol. The van der Waals surface area contributed by atoms with Gasteiger partial charge in [0.2, 0.25) is 0 Å². The van der Waals surface area contributed by atoms with E-state index in [4.69, 9.17) is 4.74 Å². The van der Waals surface area contributed by atoms with Crippen LogP contribution in [-0.4, -0.2) is 24.7 Å². The lowest BCUT2D eigenvalue weighted by molar-refractivity contribution is -0.150. The summed E-state index contributed by atoms with van der Waals surface area (Å²) in [6.07, 6.45) is 1.22. The quantitative estimate of drug-likeness (QED) is 0.613. The van der Waals surface area contributed by atoms with Gasteiger partial charge < -0.3 is 10.1 Å². The van der Waals surface area contributed by atoms with Crippen LogP contribution in [0.1, 0.15) is 20.3 Å². The summed E-state index contributed by atoms with van der Waals surface area (Å²) in [5.74, 6) is 1.28. The molecule has 68 valence electrons. The minimum absolute atomic E-state index is 0.00241. The lowest BCUT2D eigenvalue weighted by Crippen LogP contribution is -2.37. The topological polar surface area (TPSA) is 38.3 Å². The van der Waals surface area contributed by atoms with Gasteiger partial charge in [-0.05, 0) is 38.6 Å². The van der Waals surface area contributed by atoms with Crippen LogP contribution in [0.15, 0.2) is 0 Å². The highest BCUT2D eigenvalue weighted by Crippen LogP contribution is 2.45. The molecule has 0 amide bonds. The molecule has 0 aromatic carbocycles. The third-order valence-electron chi connectivity index (χ3n) is 2.61. The third-order valence-corrected chi connectivity index (χ3v) is 2.61. The number of carbonyl (C=O) groups excluding carboxylic acids is 1. The number of esters is 1. The molecule has 1 heterocycles. The zero-order chi connectivity index (χ0) is 8.72. The van der Waals surface area contributed by atoms with Crippen LogP contribution in [0.3, 0.4) is 0 Å². The second-order valence-corrected chi connectivity index (χ2v) is 4.03. The van der Waals surface area contributed by atoms with Crippen LogP contribution in [0.5, 0.6) is 0 Å². The van der Waals surface area contributed by atoms with Gasteiger partial charge in [-0.15, -0.1) is 0 Å². The maximum absolute atomic E-state index is 11.4. The summed E-state index contributed by atoms with van der Waals surface area (Å²) >= 11 is 0. The number of hydrogen-bond acceptors (Lipinski definition) is 3. The smallest absolute Gasteiger partial charge is 0.323 e. The van der Waals surface area contributed by atoms with E-state index in [-0.39, 0.29) is 18.1 Å². The summed E-state index contributed by atoms with van der Waals surface area (Å²) < 4.78 is 5.13. The van der Waals surface area contributed by atoms with Gasteiger partial charge in [0.25, 0.3) is 0 Å². The molecule has 1 saturated heterocycles. The second kappa shape index (κ2) is 2.73. The highest BCUT2D eigenvalue weighted by molar-refractivity contribution is 5.77. The Morgan fingerprint density at radius 1 is 1.58 bits per heavy atom. The first kappa shape index (κ1) is 8.05. The van der Waals surface area contributed by atoms with Crippen molar-refractivity contribution in [2.75, 3.05) is 6.54 Å². The van der Waals surface area contributed by atoms with Gasteiger partial charge in [0.15, 0.2) is 0 Å². The highest BCUT2D eigenvalue weighted by atomic mass is 16.5. The molecule has 2 aliphatic rings. The molecule has 2 rings (SSSR count). The predicted octanol–water partition coefficient (Wildman–Crippen LogP) is 0.546. The van der Waals surface area contributed by atoms with Gasteiger partial charge in [-0.2, -0.15) is 0 Å². The van der Waals surface area contributed by atoms with Gasteiger partial charge in [0, 0.05) is 0 Å². The van der Waals surface area contributed by atoms with E-state index >= 15 is 0 Å². The van der Waals surface area contributed by atoms with Crippen molar-refractivity contribution < 1.29 is 9.53 Å². The van der Waals surface area contributed by atoms with E-state index in [9.17, 15) is 4.79 Å². The number of carbonyl (C=O) groups is 1. The largest absolute Gasteiger partial charge is 0.462 e. The molecule has 0 aromatic rings. The molecule has 0 bridgehead atoms. The van der Waals surface area contributed by atoms with E-state index in [1.807, 2.05) is 13.8 Å². The molecule has 0 radical (unpaired) electrons. The first-order chi connectivity index (χ1) is 5.68. The van der Waals surface area contributed by atoms with E-state index in [1.165, 1.54) is 6.42 Å². The van der Waals surface area contributed by atoms with E-state index < -0.39 is 0 Å². The van der Waals surface area contributed by atoms with E-state index in [1.54, 1.807) is 0 Å². The lowest BCUT2D eigenvalue weighted by atomic mass is 10.2. The number of ether oxygens (including phenoxy) is 1. The van der Waals surface area contributed by atoms with Crippen molar-refractivity contribution in [1.82, 2.24) is 5.32 Å². The maximum atomic E-state index is 11.4. The van der Waals surface area contributed by atoms with Crippen LogP contribution in [-0.2, 0) is 9.53 Å². The normalized spacial score (nSPS) is 38.1. The second-order valence-electron chi connectivity index (χ2n) is 4.03. The van der Waals surface area contributed by atoms with Crippen LogP contribution in [0.2, 0.25) is 0 Å². The molecule has 1 N–H and O–H groups in total. The monoisotopic (exact) mass is 169 g/mol. The van der Waals surface area contributed by atoms with Crippen molar-refractivity contribution in [3.8, 4) is 0 Å². The Kier molecular flexibility index (Phi) is 1.83. The average Bonchev–Trinajstić information content (AvgIpc) is 2.61. The fourth-order valence-electron chi connectivity index (χ4n) is 1.91. The Balaban J connectivity index is 1.87. The fraction of sp³-hybridized carbons (Fsp3) is 0.889. The molecule has 1 aliphatic carbocycles.